The van der Waals surface area contributed by atoms with Gasteiger partial charge >= 0.3 is 0 Å². The van der Waals surface area contributed by atoms with Crippen molar-refractivity contribution in [2.75, 3.05) is 0 Å². The molecule has 0 radical (unpaired) electrons. The Balaban J connectivity index is 1.59. The van der Waals surface area contributed by atoms with Crippen LogP contribution in [-0.2, 0) is 6.42 Å². The number of hydrogen-bond donors (Lipinski definition) is 0. The first-order valence-electron chi connectivity index (χ1n) is 9.87. The van der Waals surface area contributed by atoms with E-state index >= 15 is 0 Å². The number of aromatic nitrogens is 3. The Hall–Kier alpha value is -3.53. The molecule has 5 aromatic rings. The monoisotopic (exact) mass is 379 g/mol. The summed E-state index contributed by atoms with van der Waals surface area (Å²) >= 11 is 0. The van der Waals surface area contributed by atoms with Crippen molar-refractivity contribution in [3.63, 3.8) is 0 Å². The van der Waals surface area contributed by atoms with Crippen LogP contribution in [0.1, 0.15) is 19.4 Å². The molecule has 142 valence electrons. The minimum atomic E-state index is 0.597. The molecule has 0 aliphatic heterocycles. The van der Waals surface area contributed by atoms with Crippen LogP contribution in [0, 0.1) is 5.92 Å². The standard InChI is InChI=1S/C25H21N3O/c1-16(2)12-17-10-11-26-23(13-17)19-14-21-20-8-9-22(18-6-4-3-5-7-18)28-25(20)29-24(21)27-15-19/h3-11,13-16H,12H2,1-2H3. The van der Waals surface area contributed by atoms with Gasteiger partial charge in [-0.25, -0.2) is 9.97 Å². The zero-order chi connectivity index (χ0) is 19.8. The van der Waals surface area contributed by atoms with Gasteiger partial charge in [-0.1, -0.05) is 44.2 Å². The van der Waals surface area contributed by atoms with Crippen molar-refractivity contribution < 1.29 is 4.42 Å². The molecule has 0 bridgehead atoms. The van der Waals surface area contributed by atoms with Gasteiger partial charge in [-0.2, -0.15) is 0 Å². The quantitative estimate of drug-likeness (QED) is 0.367. The first-order chi connectivity index (χ1) is 14.2. The summed E-state index contributed by atoms with van der Waals surface area (Å²) in [6.45, 7) is 4.45. The van der Waals surface area contributed by atoms with E-state index in [0.29, 0.717) is 17.3 Å². The highest BCUT2D eigenvalue weighted by Crippen LogP contribution is 2.31. The van der Waals surface area contributed by atoms with E-state index in [-0.39, 0.29) is 0 Å². The highest BCUT2D eigenvalue weighted by atomic mass is 16.3. The molecule has 4 heterocycles. The number of nitrogens with zero attached hydrogens (tertiary/aromatic N) is 3. The van der Waals surface area contributed by atoms with Crippen LogP contribution in [-0.4, -0.2) is 15.0 Å². The Kier molecular flexibility index (Phi) is 4.32. The number of fused-ring (bicyclic) bond motifs is 3. The lowest BCUT2D eigenvalue weighted by Gasteiger charge is -2.07. The molecule has 0 atom stereocenters. The summed E-state index contributed by atoms with van der Waals surface area (Å²) in [6.07, 6.45) is 4.73. The van der Waals surface area contributed by atoms with Crippen LogP contribution in [0.25, 0.3) is 44.7 Å². The third-order valence-electron chi connectivity index (χ3n) is 5.03. The molecule has 0 unspecified atom stereocenters. The molecular formula is C25H21N3O. The Morgan fingerprint density at radius 2 is 1.66 bits per heavy atom. The lowest BCUT2D eigenvalue weighted by Crippen LogP contribution is -1.95. The van der Waals surface area contributed by atoms with Gasteiger partial charge in [-0.05, 0) is 48.2 Å². The van der Waals surface area contributed by atoms with Crippen molar-refractivity contribution in [1.29, 1.82) is 0 Å². The first-order valence-corrected chi connectivity index (χ1v) is 9.87. The largest absolute Gasteiger partial charge is 0.419 e. The Morgan fingerprint density at radius 3 is 2.48 bits per heavy atom. The van der Waals surface area contributed by atoms with Crippen molar-refractivity contribution in [1.82, 2.24) is 15.0 Å². The second kappa shape index (κ2) is 7.13. The van der Waals surface area contributed by atoms with Gasteiger partial charge in [0.1, 0.15) is 0 Å². The van der Waals surface area contributed by atoms with Crippen molar-refractivity contribution in [3.8, 4) is 22.5 Å². The van der Waals surface area contributed by atoms with E-state index in [9.17, 15) is 0 Å². The highest BCUT2D eigenvalue weighted by Gasteiger charge is 2.13. The molecule has 4 nitrogen and oxygen atoms in total. The number of hydrogen-bond acceptors (Lipinski definition) is 4. The van der Waals surface area contributed by atoms with E-state index in [4.69, 9.17) is 9.40 Å². The van der Waals surface area contributed by atoms with Crippen molar-refractivity contribution >= 4 is 22.2 Å². The van der Waals surface area contributed by atoms with Crippen molar-refractivity contribution in [2.45, 2.75) is 20.3 Å². The molecule has 0 aliphatic carbocycles. The average molecular weight is 379 g/mol. The average Bonchev–Trinajstić information content (AvgIpc) is 3.11. The molecular weight excluding hydrogens is 358 g/mol. The van der Waals surface area contributed by atoms with Crippen LogP contribution in [0.4, 0.5) is 0 Å². The summed E-state index contributed by atoms with van der Waals surface area (Å²) in [7, 11) is 0. The van der Waals surface area contributed by atoms with Crippen LogP contribution in [0.2, 0.25) is 0 Å². The number of pyridine rings is 3. The van der Waals surface area contributed by atoms with E-state index in [1.165, 1.54) is 5.56 Å². The molecule has 0 aliphatic rings. The molecule has 0 saturated heterocycles. The molecule has 0 N–H and O–H groups in total. The van der Waals surface area contributed by atoms with Crippen LogP contribution in [0.15, 0.2) is 77.5 Å². The maximum absolute atomic E-state index is 5.94. The van der Waals surface area contributed by atoms with Gasteiger partial charge in [0.05, 0.1) is 16.8 Å². The fourth-order valence-corrected chi connectivity index (χ4v) is 3.68. The smallest absolute Gasteiger partial charge is 0.230 e. The summed E-state index contributed by atoms with van der Waals surface area (Å²) in [5.41, 5.74) is 6.36. The third kappa shape index (κ3) is 3.38. The van der Waals surface area contributed by atoms with Gasteiger partial charge in [0.25, 0.3) is 0 Å². The summed E-state index contributed by atoms with van der Waals surface area (Å²) < 4.78 is 5.94. The molecule has 0 fully saturated rings. The summed E-state index contributed by atoms with van der Waals surface area (Å²) in [6, 6.07) is 20.5. The molecule has 4 aromatic heterocycles. The third-order valence-corrected chi connectivity index (χ3v) is 5.03. The second-order valence-corrected chi connectivity index (χ2v) is 7.74. The first kappa shape index (κ1) is 17.6. The molecule has 1 aromatic carbocycles. The molecule has 0 spiro atoms. The zero-order valence-corrected chi connectivity index (χ0v) is 16.5. The molecule has 0 saturated carbocycles. The Morgan fingerprint density at radius 1 is 0.793 bits per heavy atom. The minimum absolute atomic E-state index is 0.597. The van der Waals surface area contributed by atoms with E-state index in [1.54, 1.807) is 0 Å². The predicted molar refractivity (Wildman–Crippen MR) is 117 cm³/mol. The predicted octanol–water partition coefficient (Wildman–Crippen LogP) is 6.30. The maximum Gasteiger partial charge on any atom is 0.230 e. The van der Waals surface area contributed by atoms with E-state index < -0.39 is 0 Å². The highest BCUT2D eigenvalue weighted by molar-refractivity contribution is 6.03. The van der Waals surface area contributed by atoms with Crippen LogP contribution in [0.5, 0.6) is 0 Å². The Labute approximate surface area is 169 Å². The van der Waals surface area contributed by atoms with Crippen molar-refractivity contribution in [2.24, 2.45) is 5.92 Å². The van der Waals surface area contributed by atoms with Crippen LogP contribution in [0.3, 0.4) is 0 Å². The fourth-order valence-electron chi connectivity index (χ4n) is 3.68. The Bertz CT molecular complexity index is 1310. The van der Waals surface area contributed by atoms with Crippen LogP contribution >= 0.6 is 0 Å². The van der Waals surface area contributed by atoms with Gasteiger partial charge in [0, 0.05) is 28.9 Å². The molecule has 5 rings (SSSR count). The molecule has 0 amide bonds. The lowest BCUT2D eigenvalue weighted by atomic mass is 10.0. The SMILES string of the molecule is CC(C)Cc1ccnc(-c2cnc3oc4nc(-c5ccccc5)ccc4c3c2)c1. The second-order valence-electron chi connectivity index (χ2n) is 7.74. The normalized spacial score (nSPS) is 11.6. The minimum Gasteiger partial charge on any atom is -0.419 e. The summed E-state index contributed by atoms with van der Waals surface area (Å²) in [5, 5.41) is 1.92. The van der Waals surface area contributed by atoms with Gasteiger partial charge < -0.3 is 4.42 Å². The van der Waals surface area contributed by atoms with Gasteiger partial charge in [-0.3, -0.25) is 4.98 Å². The fraction of sp³-hybridized carbons (Fsp3) is 0.160. The molecule has 29 heavy (non-hydrogen) atoms. The van der Waals surface area contributed by atoms with E-state index in [0.717, 1.165) is 39.7 Å². The summed E-state index contributed by atoms with van der Waals surface area (Å²) in [4.78, 5) is 13.8. The van der Waals surface area contributed by atoms with Gasteiger partial charge in [0.2, 0.25) is 11.4 Å². The van der Waals surface area contributed by atoms with Crippen LogP contribution < -0.4 is 0 Å². The van der Waals surface area contributed by atoms with Gasteiger partial charge in [-0.15, -0.1) is 0 Å². The number of rotatable bonds is 4. The summed E-state index contributed by atoms with van der Waals surface area (Å²) in [5.74, 6) is 0.605. The van der Waals surface area contributed by atoms with Gasteiger partial charge in [0.15, 0.2) is 0 Å². The number of furan rings is 1. The van der Waals surface area contributed by atoms with E-state index in [1.807, 2.05) is 48.8 Å². The number of benzene rings is 1. The zero-order valence-electron chi connectivity index (χ0n) is 16.5. The van der Waals surface area contributed by atoms with Crippen molar-refractivity contribution in [3.05, 3.63) is 78.6 Å². The lowest BCUT2D eigenvalue weighted by molar-refractivity contribution is 0.641. The maximum atomic E-state index is 5.94. The molecule has 4 heteroatoms. The topological polar surface area (TPSA) is 51.8 Å². The van der Waals surface area contributed by atoms with E-state index in [2.05, 4.69) is 48.1 Å².